The third kappa shape index (κ3) is 4.29. The molecule has 0 spiro atoms. The Morgan fingerprint density at radius 2 is 1.71 bits per heavy atom. The predicted molar refractivity (Wildman–Crippen MR) is 97.4 cm³/mol. The third-order valence-corrected chi connectivity index (χ3v) is 3.71. The van der Waals surface area contributed by atoms with Crippen LogP contribution in [0.1, 0.15) is 30.9 Å². The van der Waals surface area contributed by atoms with Crippen LogP contribution in [0.4, 0.5) is 17.5 Å². The summed E-state index contributed by atoms with van der Waals surface area (Å²) in [6, 6.07) is 18.4. The molecule has 0 saturated carbocycles. The highest BCUT2D eigenvalue weighted by Crippen LogP contribution is 2.19. The standard InChI is InChI=1S/C19H21N5/c1-14(2)16-8-10-17(11-9-16)22-19-23-18(13-21-24-19)20-12-15-6-4-3-5-7-15/h3-11,13-14H,12H2,1-2H3,(H2,20,22,23,24). The van der Waals surface area contributed by atoms with E-state index in [1.165, 1.54) is 11.1 Å². The highest BCUT2D eigenvalue weighted by molar-refractivity contribution is 5.54. The van der Waals surface area contributed by atoms with E-state index in [1.54, 1.807) is 6.20 Å². The molecule has 0 aliphatic heterocycles. The van der Waals surface area contributed by atoms with Crippen LogP contribution in [-0.2, 0) is 6.54 Å². The number of aromatic nitrogens is 3. The summed E-state index contributed by atoms with van der Waals surface area (Å²) in [5, 5.41) is 14.5. The van der Waals surface area contributed by atoms with Gasteiger partial charge in [-0.1, -0.05) is 56.3 Å². The van der Waals surface area contributed by atoms with Gasteiger partial charge in [0.05, 0.1) is 6.20 Å². The normalized spacial score (nSPS) is 10.6. The number of benzene rings is 2. The topological polar surface area (TPSA) is 62.7 Å². The van der Waals surface area contributed by atoms with Gasteiger partial charge in [0.1, 0.15) is 0 Å². The maximum atomic E-state index is 4.44. The van der Waals surface area contributed by atoms with Gasteiger partial charge in [-0.25, -0.2) is 0 Å². The molecular weight excluding hydrogens is 298 g/mol. The molecule has 0 amide bonds. The molecule has 3 rings (SSSR count). The van der Waals surface area contributed by atoms with Crippen LogP contribution in [0.2, 0.25) is 0 Å². The van der Waals surface area contributed by atoms with E-state index in [-0.39, 0.29) is 0 Å². The number of rotatable bonds is 6. The maximum absolute atomic E-state index is 4.44. The lowest BCUT2D eigenvalue weighted by Gasteiger charge is -2.09. The first-order chi connectivity index (χ1) is 11.7. The van der Waals surface area contributed by atoms with Gasteiger partial charge in [0, 0.05) is 12.2 Å². The van der Waals surface area contributed by atoms with Gasteiger partial charge in [0.25, 0.3) is 0 Å². The van der Waals surface area contributed by atoms with Gasteiger partial charge in [-0.2, -0.15) is 10.1 Å². The molecule has 1 aromatic heterocycles. The van der Waals surface area contributed by atoms with Gasteiger partial charge < -0.3 is 10.6 Å². The number of nitrogens with one attached hydrogen (secondary N) is 2. The van der Waals surface area contributed by atoms with Crippen LogP contribution in [0.3, 0.4) is 0 Å². The quantitative estimate of drug-likeness (QED) is 0.707. The van der Waals surface area contributed by atoms with Crippen LogP contribution in [0.25, 0.3) is 0 Å². The Morgan fingerprint density at radius 1 is 0.958 bits per heavy atom. The van der Waals surface area contributed by atoms with Crippen molar-refractivity contribution in [3.05, 3.63) is 71.9 Å². The fourth-order valence-electron chi connectivity index (χ4n) is 2.31. The highest BCUT2D eigenvalue weighted by atomic mass is 15.3. The Labute approximate surface area is 142 Å². The minimum Gasteiger partial charge on any atom is -0.365 e. The first kappa shape index (κ1) is 15.9. The van der Waals surface area contributed by atoms with Gasteiger partial charge in [0.2, 0.25) is 5.95 Å². The van der Waals surface area contributed by atoms with Crippen molar-refractivity contribution < 1.29 is 0 Å². The molecule has 24 heavy (non-hydrogen) atoms. The van der Waals surface area contributed by atoms with Gasteiger partial charge in [0.15, 0.2) is 5.82 Å². The maximum Gasteiger partial charge on any atom is 0.249 e. The SMILES string of the molecule is CC(C)c1ccc(Nc2nncc(NCc3ccccc3)n2)cc1. The Bertz CT molecular complexity index is 769. The minimum atomic E-state index is 0.477. The molecule has 5 heteroatoms. The van der Waals surface area contributed by atoms with E-state index >= 15 is 0 Å². The molecule has 122 valence electrons. The van der Waals surface area contributed by atoms with Crippen LogP contribution < -0.4 is 10.6 Å². The van der Waals surface area contributed by atoms with Gasteiger partial charge in [-0.15, -0.1) is 5.10 Å². The molecule has 0 saturated heterocycles. The average Bonchev–Trinajstić information content (AvgIpc) is 2.62. The number of nitrogens with zero attached hydrogens (tertiary/aromatic N) is 3. The largest absolute Gasteiger partial charge is 0.365 e. The summed E-state index contributed by atoms with van der Waals surface area (Å²) in [6.45, 7) is 5.05. The molecule has 0 atom stereocenters. The lowest BCUT2D eigenvalue weighted by molar-refractivity contribution is 0.867. The Hall–Kier alpha value is -2.95. The predicted octanol–water partition coefficient (Wildman–Crippen LogP) is 4.35. The molecule has 5 nitrogen and oxygen atoms in total. The fourth-order valence-corrected chi connectivity index (χ4v) is 2.31. The van der Waals surface area contributed by atoms with Crippen molar-refractivity contribution in [3.63, 3.8) is 0 Å². The summed E-state index contributed by atoms with van der Waals surface area (Å²) in [5.41, 5.74) is 3.44. The molecule has 0 bridgehead atoms. The van der Waals surface area contributed by atoms with Gasteiger partial charge in [-0.3, -0.25) is 0 Å². The van der Waals surface area contributed by atoms with E-state index in [0.717, 1.165) is 5.69 Å². The van der Waals surface area contributed by atoms with Crippen LogP contribution >= 0.6 is 0 Å². The van der Waals surface area contributed by atoms with Crippen LogP contribution in [0.15, 0.2) is 60.8 Å². The first-order valence-corrected chi connectivity index (χ1v) is 8.05. The Balaban J connectivity index is 1.64. The van der Waals surface area contributed by atoms with E-state index < -0.39 is 0 Å². The first-order valence-electron chi connectivity index (χ1n) is 8.05. The third-order valence-electron chi connectivity index (χ3n) is 3.71. The molecule has 0 fully saturated rings. The monoisotopic (exact) mass is 319 g/mol. The average molecular weight is 319 g/mol. The number of hydrogen-bond donors (Lipinski definition) is 2. The summed E-state index contributed by atoms with van der Waals surface area (Å²) >= 11 is 0. The van der Waals surface area contributed by atoms with Crippen molar-refractivity contribution >= 4 is 17.5 Å². The zero-order valence-electron chi connectivity index (χ0n) is 13.9. The zero-order chi connectivity index (χ0) is 16.8. The summed E-state index contributed by atoms with van der Waals surface area (Å²) < 4.78 is 0. The van der Waals surface area contributed by atoms with E-state index in [0.29, 0.717) is 24.2 Å². The van der Waals surface area contributed by atoms with E-state index in [4.69, 9.17) is 0 Å². The van der Waals surface area contributed by atoms with Crippen molar-refractivity contribution in [1.82, 2.24) is 15.2 Å². The number of hydrogen-bond acceptors (Lipinski definition) is 5. The molecule has 1 heterocycles. The summed E-state index contributed by atoms with van der Waals surface area (Å²) in [7, 11) is 0. The van der Waals surface area contributed by atoms with Gasteiger partial charge in [-0.05, 0) is 29.2 Å². The van der Waals surface area contributed by atoms with E-state index in [2.05, 4.69) is 63.9 Å². The Morgan fingerprint density at radius 3 is 2.42 bits per heavy atom. The minimum absolute atomic E-state index is 0.477. The smallest absolute Gasteiger partial charge is 0.249 e. The Kier molecular flexibility index (Phi) is 5.01. The molecule has 2 N–H and O–H groups in total. The second-order valence-electron chi connectivity index (χ2n) is 5.91. The molecule has 3 aromatic rings. The zero-order valence-corrected chi connectivity index (χ0v) is 13.9. The van der Waals surface area contributed by atoms with E-state index in [9.17, 15) is 0 Å². The second-order valence-corrected chi connectivity index (χ2v) is 5.91. The summed E-state index contributed by atoms with van der Waals surface area (Å²) in [4.78, 5) is 4.44. The van der Waals surface area contributed by atoms with Crippen molar-refractivity contribution in [2.75, 3.05) is 10.6 Å². The second kappa shape index (κ2) is 7.55. The van der Waals surface area contributed by atoms with Crippen LogP contribution in [0.5, 0.6) is 0 Å². The van der Waals surface area contributed by atoms with Crippen LogP contribution in [-0.4, -0.2) is 15.2 Å². The van der Waals surface area contributed by atoms with Crippen LogP contribution in [0, 0.1) is 0 Å². The molecule has 0 aliphatic rings. The van der Waals surface area contributed by atoms with Crippen molar-refractivity contribution in [3.8, 4) is 0 Å². The van der Waals surface area contributed by atoms with Crippen molar-refractivity contribution in [2.24, 2.45) is 0 Å². The molecule has 0 radical (unpaired) electrons. The van der Waals surface area contributed by atoms with Crippen molar-refractivity contribution in [2.45, 2.75) is 26.3 Å². The fraction of sp³-hybridized carbons (Fsp3) is 0.211. The molecular formula is C19H21N5. The summed E-state index contributed by atoms with van der Waals surface area (Å²) in [6.07, 6.45) is 1.62. The molecule has 2 aromatic carbocycles. The number of anilines is 3. The molecule has 0 aliphatic carbocycles. The lowest BCUT2D eigenvalue weighted by atomic mass is 10.0. The van der Waals surface area contributed by atoms with Crippen molar-refractivity contribution in [1.29, 1.82) is 0 Å². The highest BCUT2D eigenvalue weighted by Gasteiger charge is 2.03. The van der Waals surface area contributed by atoms with Gasteiger partial charge >= 0.3 is 0 Å². The molecule has 0 unspecified atom stereocenters. The summed E-state index contributed by atoms with van der Waals surface area (Å²) in [5.74, 6) is 1.68. The lowest BCUT2D eigenvalue weighted by Crippen LogP contribution is -2.05. The van der Waals surface area contributed by atoms with E-state index in [1.807, 2.05) is 30.3 Å².